The van der Waals surface area contributed by atoms with Gasteiger partial charge in [0.2, 0.25) is 0 Å². The van der Waals surface area contributed by atoms with E-state index in [1.54, 1.807) is 0 Å². The maximum atomic E-state index is 15.1. The Bertz CT molecular complexity index is 1500. The average molecular weight is 512 g/mol. The Balaban J connectivity index is 1.27. The van der Waals surface area contributed by atoms with Crippen molar-refractivity contribution in [3.05, 3.63) is 125 Å². The number of amides is 1. The second-order valence-corrected chi connectivity index (χ2v) is 9.32. The summed E-state index contributed by atoms with van der Waals surface area (Å²) in [5.41, 5.74) is 3.97. The van der Waals surface area contributed by atoms with Gasteiger partial charge in [-0.2, -0.15) is 0 Å². The van der Waals surface area contributed by atoms with E-state index in [2.05, 4.69) is 17.4 Å². The number of ether oxygens (including phenoxy) is 2. The summed E-state index contributed by atoms with van der Waals surface area (Å²) in [5.74, 6) is -2.01. The molecule has 0 saturated carbocycles. The van der Waals surface area contributed by atoms with Crippen LogP contribution in [0.3, 0.4) is 0 Å². The SMILES string of the molecule is C[C@@](NC(=O)OCc1cccc2c1Cc1ccccc1-2)(C(=O)O)c1ccc(OCc2ccccc2)cc1F. The lowest BCUT2D eigenvalue weighted by Gasteiger charge is -2.27. The van der Waals surface area contributed by atoms with Gasteiger partial charge in [0.05, 0.1) is 0 Å². The van der Waals surface area contributed by atoms with E-state index in [9.17, 15) is 14.7 Å². The molecule has 0 radical (unpaired) electrons. The number of carboxylic acids is 1. The monoisotopic (exact) mass is 511 g/mol. The number of hydrogen-bond acceptors (Lipinski definition) is 4. The van der Waals surface area contributed by atoms with Gasteiger partial charge in [-0.05, 0) is 58.9 Å². The largest absolute Gasteiger partial charge is 0.489 e. The highest BCUT2D eigenvalue weighted by Crippen LogP contribution is 2.38. The Morgan fingerprint density at radius 2 is 1.66 bits per heavy atom. The quantitative estimate of drug-likeness (QED) is 0.259. The van der Waals surface area contributed by atoms with Gasteiger partial charge in [0.15, 0.2) is 5.54 Å². The minimum atomic E-state index is -2.06. The molecule has 0 fully saturated rings. The Kier molecular flexibility index (Phi) is 6.83. The molecule has 1 amide bonds. The summed E-state index contributed by atoms with van der Waals surface area (Å²) in [5, 5.41) is 12.3. The number of alkyl carbamates (subject to hydrolysis) is 1. The van der Waals surface area contributed by atoms with Crippen LogP contribution in [-0.4, -0.2) is 17.2 Å². The first-order valence-corrected chi connectivity index (χ1v) is 12.2. The zero-order chi connectivity index (χ0) is 26.7. The van der Waals surface area contributed by atoms with E-state index in [4.69, 9.17) is 9.47 Å². The number of carbonyl (C=O) groups excluding carboxylic acids is 1. The second kappa shape index (κ2) is 10.4. The first-order chi connectivity index (χ1) is 18.3. The fraction of sp³-hybridized carbons (Fsp3) is 0.161. The summed E-state index contributed by atoms with van der Waals surface area (Å²) < 4.78 is 26.1. The highest BCUT2D eigenvalue weighted by Gasteiger charge is 2.40. The summed E-state index contributed by atoms with van der Waals surface area (Å²) in [6.07, 6.45) is -0.240. The molecule has 7 heteroatoms. The topological polar surface area (TPSA) is 84.9 Å². The molecule has 192 valence electrons. The summed E-state index contributed by atoms with van der Waals surface area (Å²) >= 11 is 0. The van der Waals surface area contributed by atoms with Gasteiger partial charge >= 0.3 is 12.1 Å². The molecule has 0 spiro atoms. The van der Waals surface area contributed by atoms with Gasteiger partial charge in [0.1, 0.15) is 24.8 Å². The highest BCUT2D eigenvalue weighted by atomic mass is 19.1. The molecule has 2 N–H and O–H groups in total. The van der Waals surface area contributed by atoms with Crippen LogP contribution in [0.4, 0.5) is 9.18 Å². The number of aliphatic carboxylic acids is 1. The molecule has 6 nitrogen and oxygen atoms in total. The Labute approximate surface area is 219 Å². The van der Waals surface area contributed by atoms with Gasteiger partial charge in [-0.25, -0.2) is 14.0 Å². The third kappa shape index (κ3) is 4.95. The molecule has 0 unspecified atom stereocenters. The summed E-state index contributed by atoms with van der Waals surface area (Å²) in [6, 6.07) is 27.2. The van der Waals surface area contributed by atoms with Crippen molar-refractivity contribution in [3.8, 4) is 16.9 Å². The minimum Gasteiger partial charge on any atom is -0.489 e. The van der Waals surface area contributed by atoms with Gasteiger partial charge in [-0.15, -0.1) is 0 Å². The molecule has 1 atom stereocenters. The maximum absolute atomic E-state index is 15.1. The molecule has 0 bridgehead atoms. The van der Waals surface area contributed by atoms with Gasteiger partial charge in [0.25, 0.3) is 0 Å². The highest BCUT2D eigenvalue weighted by molar-refractivity contribution is 5.85. The van der Waals surface area contributed by atoms with Gasteiger partial charge in [-0.1, -0.05) is 72.8 Å². The van der Waals surface area contributed by atoms with Crippen LogP contribution >= 0.6 is 0 Å². The van der Waals surface area contributed by atoms with Crippen molar-refractivity contribution in [2.45, 2.75) is 32.1 Å². The number of hydrogen-bond donors (Lipinski definition) is 2. The van der Waals surface area contributed by atoms with Gasteiger partial charge in [-0.3, -0.25) is 0 Å². The van der Waals surface area contributed by atoms with Gasteiger partial charge < -0.3 is 19.9 Å². The molecule has 4 aromatic carbocycles. The van der Waals surface area contributed by atoms with Crippen molar-refractivity contribution in [1.82, 2.24) is 5.32 Å². The number of rotatable bonds is 8. The lowest BCUT2D eigenvalue weighted by molar-refractivity contribution is -0.144. The first kappa shape index (κ1) is 25.0. The van der Waals surface area contributed by atoms with Crippen molar-refractivity contribution >= 4 is 12.1 Å². The molecule has 0 saturated heterocycles. The maximum Gasteiger partial charge on any atom is 0.408 e. The number of carboxylic acid groups (broad SMARTS) is 1. The molecule has 4 aromatic rings. The van der Waals surface area contributed by atoms with Crippen molar-refractivity contribution < 1.29 is 28.6 Å². The van der Waals surface area contributed by atoms with Crippen LogP contribution in [0.25, 0.3) is 11.1 Å². The number of halogens is 1. The molecular weight excluding hydrogens is 485 g/mol. The smallest absolute Gasteiger partial charge is 0.408 e. The summed E-state index contributed by atoms with van der Waals surface area (Å²) in [6.45, 7) is 1.40. The van der Waals surface area contributed by atoms with E-state index < -0.39 is 23.4 Å². The third-order valence-corrected chi connectivity index (χ3v) is 6.81. The molecule has 1 aliphatic rings. The van der Waals surface area contributed by atoms with Crippen molar-refractivity contribution in [3.63, 3.8) is 0 Å². The lowest BCUT2D eigenvalue weighted by atomic mass is 9.91. The van der Waals surface area contributed by atoms with E-state index in [0.717, 1.165) is 40.3 Å². The van der Waals surface area contributed by atoms with Crippen LogP contribution in [0.5, 0.6) is 5.75 Å². The number of fused-ring (bicyclic) bond motifs is 3. The van der Waals surface area contributed by atoms with Crippen LogP contribution in [0, 0.1) is 5.82 Å². The molecule has 0 heterocycles. The second-order valence-electron chi connectivity index (χ2n) is 9.32. The van der Waals surface area contributed by atoms with E-state index in [1.807, 2.05) is 60.7 Å². The minimum absolute atomic E-state index is 0.0482. The Morgan fingerprint density at radius 1 is 0.921 bits per heavy atom. The van der Waals surface area contributed by atoms with Crippen molar-refractivity contribution in [1.29, 1.82) is 0 Å². The van der Waals surface area contributed by atoms with Crippen LogP contribution in [0.1, 0.15) is 34.7 Å². The van der Waals surface area contributed by atoms with E-state index in [1.165, 1.54) is 24.6 Å². The Hall–Kier alpha value is -4.65. The first-order valence-electron chi connectivity index (χ1n) is 12.2. The van der Waals surface area contributed by atoms with E-state index >= 15 is 4.39 Å². The fourth-order valence-corrected chi connectivity index (χ4v) is 4.71. The number of nitrogens with one attached hydrogen (secondary N) is 1. The number of benzene rings is 4. The Morgan fingerprint density at radius 3 is 2.42 bits per heavy atom. The molecule has 38 heavy (non-hydrogen) atoms. The summed E-state index contributed by atoms with van der Waals surface area (Å²) in [4.78, 5) is 24.9. The average Bonchev–Trinajstić information content (AvgIpc) is 3.30. The van der Waals surface area contributed by atoms with Crippen LogP contribution in [0.2, 0.25) is 0 Å². The number of carbonyl (C=O) groups is 2. The normalized spacial score (nSPS) is 13.1. The zero-order valence-electron chi connectivity index (χ0n) is 20.7. The molecular formula is C31H26FNO5. The van der Waals surface area contributed by atoms with Crippen molar-refractivity contribution in [2.75, 3.05) is 0 Å². The van der Waals surface area contributed by atoms with Crippen LogP contribution < -0.4 is 10.1 Å². The van der Waals surface area contributed by atoms with Gasteiger partial charge in [0, 0.05) is 11.6 Å². The zero-order valence-corrected chi connectivity index (χ0v) is 20.7. The van der Waals surface area contributed by atoms with Crippen molar-refractivity contribution in [2.24, 2.45) is 0 Å². The molecule has 5 rings (SSSR count). The predicted octanol–water partition coefficient (Wildman–Crippen LogP) is 6.20. The fourth-order valence-electron chi connectivity index (χ4n) is 4.71. The van der Waals surface area contributed by atoms with Crippen LogP contribution in [0.15, 0.2) is 91.0 Å². The lowest BCUT2D eigenvalue weighted by Crippen LogP contribution is -2.50. The predicted molar refractivity (Wildman–Crippen MR) is 140 cm³/mol. The van der Waals surface area contributed by atoms with Crippen LogP contribution in [-0.2, 0) is 34.7 Å². The third-order valence-electron chi connectivity index (χ3n) is 6.81. The van der Waals surface area contributed by atoms with E-state index in [0.29, 0.717) is 0 Å². The summed E-state index contributed by atoms with van der Waals surface area (Å²) in [7, 11) is 0. The standard InChI is InChI=1S/C31H26FNO5/c1-31(29(34)35,27-15-14-23(17-28(27)32)37-18-20-8-3-2-4-9-20)33-30(36)38-19-22-11-7-13-25-24-12-6-5-10-21(24)16-26(22)25/h2-15,17H,16,18-19H2,1H3,(H,33,36)(H,34,35)/t31-/m0/s1. The molecule has 0 aromatic heterocycles. The van der Waals surface area contributed by atoms with E-state index in [-0.39, 0.29) is 24.5 Å². The molecule has 1 aliphatic carbocycles. The molecule has 0 aliphatic heterocycles.